The molecule has 0 aliphatic heterocycles. The summed E-state index contributed by atoms with van der Waals surface area (Å²) in [4.78, 5) is 0. The lowest BCUT2D eigenvalue weighted by atomic mass is 10.2. The highest BCUT2D eigenvalue weighted by molar-refractivity contribution is 6.31. The number of halogens is 4. The second kappa shape index (κ2) is 5.63. The molecule has 0 bridgehead atoms. The highest BCUT2D eigenvalue weighted by Crippen LogP contribution is 2.30. The Morgan fingerprint density at radius 3 is 2.25 bits per heavy atom. The number of aromatic hydroxyl groups is 1. The molecular formula is C14H10ClF3O2. The van der Waals surface area contributed by atoms with Crippen LogP contribution in [0.25, 0.3) is 0 Å². The van der Waals surface area contributed by atoms with Gasteiger partial charge in [0, 0.05) is 0 Å². The fraction of sp³-hybridized carbons (Fsp3) is 0.143. The summed E-state index contributed by atoms with van der Waals surface area (Å²) in [6.07, 6.45) is -4.36. The minimum atomic E-state index is -4.36. The Kier molecular flexibility index (Phi) is 4.09. The van der Waals surface area contributed by atoms with Gasteiger partial charge < -0.3 is 9.84 Å². The lowest BCUT2D eigenvalue weighted by Gasteiger charge is -2.09. The monoisotopic (exact) mass is 302 g/mol. The van der Waals surface area contributed by atoms with E-state index in [1.807, 2.05) is 0 Å². The fourth-order valence-corrected chi connectivity index (χ4v) is 1.67. The zero-order valence-electron chi connectivity index (χ0n) is 10.1. The van der Waals surface area contributed by atoms with E-state index in [2.05, 4.69) is 0 Å². The van der Waals surface area contributed by atoms with E-state index in [4.69, 9.17) is 16.3 Å². The second-order valence-corrected chi connectivity index (χ2v) is 4.50. The first-order valence-corrected chi connectivity index (χ1v) is 6.01. The topological polar surface area (TPSA) is 29.5 Å². The van der Waals surface area contributed by atoms with Crippen molar-refractivity contribution < 1.29 is 23.0 Å². The number of ether oxygens (including phenoxy) is 1. The molecule has 0 saturated carbocycles. The second-order valence-electron chi connectivity index (χ2n) is 4.10. The number of benzene rings is 2. The number of phenolic OH excluding ortho intramolecular Hbond substituents is 1. The molecule has 0 unspecified atom stereocenters. The van der Waals surface area contributed by atoms with E-state index in [0.29, 0.717) is 11.3 Å². The van der Waals surface area contributed by atoms with Crippen molar-refractivity contribution >= 4 is 11.6 Å². The van der Waals surface area contributed by atoms with Gasteiger partial charge in [-0.1, -0.05) is 17.7 Å². The van der Waals surface area contributed by atoms with E-state index in [1.165, 1.54) is 24.3 Å². The van der Waals surface area contributed by atoms with Crippen molar-refractivity contribution in [3.05, 3.63) is 58.6 Å². The lowest BCUT2D eigenvalue weighted by Crippen LogP contribution is -2.04. The quantitative estimate of drug-likeness (QED) is 0.894. The van der Waals surface area contributed by atoms with Gasteiger partial charge in [-0.2, -0.15) is 13.2 Å². The van der Waals surface area contributed by atoms with Crippen LogP contribution < -0.4 is 4.74 Å². The maximum Gasteiger partial charge on any atom is 0.416 e. The molecular weight excluding hydrogens is 293 g/mol. The molecule has 0 radical (unpaired) electrons. The smallest absolute Gasteiger partial charge is 0.416 e. The van der Waals surface area contributed by atoms with E-state index < -0.39 is 11.7 Å². The van der Waals surface area contributed by atoms with Gasteiger partial charge in [0.25, 0.3) is 0 Å². The Hall–Kier alpha value is -1.88. The van der Waals surface area contributed by atoms with Gasteiger partial charge in [-0.15, -0.1) is 0 Å². The summed E-state index contributed by atoms with van der Waals surface area (Å²) in [5.41, 5.74) is -0.0687. The first-order chi connectivity index (χ1) is 9.36. The van der Waals surface area contributed by atoms with Crippen molar-refractivity contribution in [3.8, 4) is 11.5 Å². The van der Waals surface area contributed by atoms with Crippen molar-refractivity contribution in [1.29, 1.82) is 0 Å². The zero-order chi connectivity index (χ0) is 14.8. The van der Waals surface area contributed by atoms with E-state index in [-0.39, 0.29) is 17.4 Å². The van der Waals surface area contributed by atoms with Crippen molar-refractivity contribution in [1.82, 2.24) is 0 Å². The van der Waals surface area contributed by atoms with Crippen LogP contribution in [0.4, 0.5) is 13.2 Å². The predicted octanol–water partition coefficient (Wildman–Crippen LogP) is 4.64. The third-order valence-corrected chi connectivity index (χ3v) is 2.92. The predicted molar refractivity (Wildman–Crippen MR) is 68.9 cm³/mol. The molecule has 0 heterocycles. The molecule has 6 heteroatoms. The molecule has 0 spiro atoms. The van der Waals surface area contributed by atoms with E-state index in [1.54, 1.807) is 6.07 Å². The van der Waals surface area contributed by atoms with Crippen LogP contribution in [-0.2, 0) is 12.8 Å². The molecule has 0 aliphatic carbocycles. The maximum atomic E-state index is 12.4. The molecule has 2 aromatic rings. The van der Waals surface area contributed by atoms with Gasteiger partial charge >= 0.3 is 6.18 Å². The van der Waals surface area contributed by atoms with Gasteiger partial charge in [0.1, 0.15) is 18.1 Å². The molecule has 2 aromatic carbocycles. The van der Waals surface area contributed by atoms with E-state index in [0.717, 1.165) is 12.1 Å². The Labute approximate surface area is 118 Å². The van der Waals surface area contributed by atoms with E-state index >= 15 is 0 Å². The first-order valence-electron chi connectivity index (χ1n) is 5.64. The summed E-state index contributed by atoms with van der Waals surface area (Å²) in [6.45, 7) is 0.121. The normalized spacial score (nSPS) is 11.4. The van der Waals surface area contributed by atoms with Crippen LogP contribution >= 0.6 is 11.6 Å². The summed E-state index contributed by atoms with van der Waals surface area (Å²) < 4.78 is 42.4. The fourth-order valence-electron chi connectivity index (χ4n) is 1.55. The van der Waals surface area contributed by atoms with Crippen LogP contribution in [0.3, 0.4) is 0 Å². The van der Waals surface area contributed by atoms with Gasteiger partial charge in [0.2, 0.25) is 0 Å². The average molecular weight is 303 g/mol. The number of rotatable bonds is 3. The third-order valence-electron chi connectivity index (χ3n) is 2.60. The van der Waals surface area contributed by atoms with Crippen molar-refractivity contribution in [2.75, 3.05) is 0 Å². The number of alkyl halides is 3. The molecule has 0 aromatic heterocycles. The number of phenols is 1. The van der Waals surface area contributed by atoms with E-state index in [9.17, 15) is 18.3 Å². The van der Waals surface area contributed by atoms with Crippen LogP contribution in [0.1, 0.15) is 11.1 Å². The molecule has 2 rings (SSSR count). The van der Waals surface area contributed by atoms with Crippen molar-refractivity contribution in [2.45, 2.75) is 12.8 Å². The highest BCUT2D eigenvalue weighted by atomic mass is 35.5. The maximum absolute atomic E-state index is 12.4. The molecule has 0 saturated heterocycles. The number of hydrogen-bond acceptors (Lipinski definition) is 2. The summed E-state index contributed by atoms with van der Waals surface area (Å²) in [5.74, 6) is 0.243. The van der Waals surface area contributed by atoms with Crippen LogP contribution in [0, 0.1) is 0 Å². The van der Waals surface area contributed by atoms with Crippen LogP contribution in [-0.4, -0.2) is 5.11 Å². The molecule has 0 fully saturated rings. The standard InChI is InChI=1S/C14H10ClF3O2/c15-12-6-1-9(7-13(12)19)8-20-11-4-2-10(3-5-11)14(16,17)18/h1-7,19H,8H2. The summed E-state index contributed by atoms with van der Waals surface area (Å²) in [6, 6.07) is 9.02. The third kappa shape index (κ3) is 3.57. The van der Waals surface area contributed by atoms with Gasteiger partial charge in [0.05, 0.1) is 10.6 Å². The van der Waals surface area contributed by atoms with Gasteiger partial charge in [-0.25, -0.2) is 0 Å². The van der Waals surface area contributed by atoms with Gasteiger partial charge in [-0.05, 0) is 42.0 Å². The van der Waals surface area contributed by atoms with Crippen LogP contribution in [0.2, 0.25) is 5.02 Å². The Balaban J connectivity index is 2.02. The molecule has 0 aliphatic rings. The average Bonchev–Trinajstić information content (AvgIpc) is 2.40. The molecule has 2 nitrogen and oxygen atoms in total. The molecule has 0 amide bonds. The van der Waals surface area contributed by atoms with Crippen molar-refractivity contribution in [3.63, 3.8) is 0 Å². The molecule has 0 atom stereocenters. The van der Waals surface area contributed by atoms with Crippen LogP contribution in [0.5, 0.6) is 11.5 Å². The highest BCUT2D eigenvalue weighted by Gasteiger charge is 2.29. The van der Waals surface area contributed by atoms with Gasteiger partial charge in [0.15, 0.2) is 0 Å². The summed E-state index contributed by atoms with van der Waals surface area (Å²) in [7, 11) is 0. The first kappa shape index (κ1) is 14.5. The summed E-state index contributed by atoms with van der Waals surface area (Å²) >= 11 is 5.66. The minimum Gasteiger partial charge on any atom is -0.506 e. The lowest BCUT2D eigenvalue weighted by molar-refractivity contribution is -0.137. The Morgan fingerprint density at radius 1 is 1.05 bits per heavy atom. The zero-order valence-corrected chi connectivity index (χ0v) is 10.9. The van der Waals surface area contributed by atoms with Crippen molar-refractivity contribution in [2.24, 2.45) is 0 Å². The Morgan fingerprint density at radius 2 is 1.70 bits per heavy atom. The summed E-state index contributed by atoms with van der Waals surface area (Å²) in [5, 5.41) is 9.64. The minimum absolute atomic E-state index is 0.0693. The van der Waals surface area contributed by atoms with Crippen LogP contribution in [0.15, 0.2) is 42.5 Å². The number of hydrogen-bond donors (Lipinski definition) is 1. The SMILES string of the molecule is Oc1cc(COc2ccc(C(F)(F)F)cc2)ccc1Cl. The molecule has 106 valence electrons. The molecule has 20 heavy (non-hydrogen) atoms. The Bertz CT molecular complexity index is 594. The van der Waals surface area contributed by atoms with Gasteiger partial charge in [-0.3, -0.25) is 0 Å². The largest absolute Gasteiger partial charge is 0.506 e. The molecule has 1 N–H and O–H groups in total.